The summed E-state index contributed by atoms with van der Waals surface area (Å²) in [5, 5.41) is 28.9. The van der Waals surface area contributed by atoms with Crippen molar-refractivity contribution in [3.8, 4) is 28.8 Å². The lowest BCUT2D eigenvalue weighted by Gasteiger charge is -2.56. The van der Waals surface area contributed by atoms with Gasteiger partial charge in [0, 0.05) is 67.7 Å². The Morgan fingerprint density at radius 3 is 2.49 bits per heavy atom. The number of fused-ring (bicyclic) bond motifs is 4. The third-order valence-corrected chi connectivity index (χ3v) is 10.4. The van der Waals surface area contributed by atoms with Crippen molar-refractivity contribution < 1.29 is 14.6 Å². The molecule has 2 bridgehead atoms. The molecule has 1 saturated carbocycles. The van der Waals surface area contributed by atoms with Crippen LogP contribution < -0.4 is 19.7 Å². The van der Waals surface area contributed by atoms with Gasteiger partial charge in [0.05, 0.1) is 42.8 Å². The third-order valence-electron chi connectivity index (χ3n) is 10.4. The summed E-state index contributed by atoms with van der Waals surface area (Å²) in [4.78, 5) is 14.2. The van der Waals surface area contributed by atoms with Crippen LogP contribution in [-0.4, -0.2) is 87.2 Å². The van der Waals surface area contributed by atoms with Gasteiger partial charge in [-0.15, -0.1) is 24.8 Å². The van der Waals surface area contributed by atoms with Crippen LogP contribution in [0.25, 0.3) is 16.6 Å². The number of nitriles is 1. The molecule has 0 aromatic carbocycles. The molecule has 248 valence electrons. The lowest BCUT2D eigenvalue weighted by atomic mass is 9.87. The summed E-state index contributed by atoms with van der Waals surface area (Å²) in [5.41, 5.74) is 3.52. The Bertz CT molecular complexity index is 1720. The Morgan fingerprint density at radius 2 is 1.83 bits per heavy atom. The minimum Gasteiger partial charge on any atom is -0.492 e. The van der Waals surface area contributed by atoms with Crippen LogP contribution in [0, 0.1) is 23.2 Å². The molecule has 0 amide bonds. The highest BCUT2D eigenvalue weighted by Crippen LogP contribution is 2.43. The van der Waals surface area contributed by atoms with Gasteiger partial charge in [-0.1, -0.05) is 6.07 Å². The number of piperidine rings is 1. The molecule has 4 aromatic rings. The average Bonchev–Trinajstić information content (AvgIpc) is 3.77. The summed E-state index contributed by atoms with van der Waals surface area (Å²) >= 11 is 0. The molecule has 4 unspecified atom stereocenters. The van der Waals surface area contributed by atoms with Crippen molar-refractivity contribution in [2.24, 2.45) is 11.8 Å². The molecule has 5 aliphatic rings. The van der Waals surface area contributed by atoms with Crippen molar-refractivity contribution in [3.05, 3.63) is 66.2 Å². The van der Waals surface area contributed by atoms with Gasteiger partial charge in [-0.05, 0) is 68.0 Å². The Morgan fingerprint density at radius 1 is 1.04 bits per heavy atom. The zero-order valence-corrected chi connectivity index (χ0v) is 27.9. The van der Waals surface area contributed by atoms with Gasteiger partial charge in [0.2, 0.25) is 5.88 Å². The molecular formula is C34H40Cl2N8O3. The molecule has 5 fully saturated rings. The minimum absolute atomic E-state index is 0. The fraction of sp³-hybridized carbons (Fsp3) is 0.471. The van der Waals surface area contributed by atoms with Gasteiger partial charge < -0.3 is 24.8 Å². The lowest BCUT2D eigenvalue weighted by molar-refractivity contribution is -0.00876. The summed E-state index contributed by atoms with van der Waals surface area (Å²) in [6.45, 7) is 5.19. The maximum Gasteiger partial charge on any atom is 0.212 e. The monoisotopic (exact) mass is 678 g/mol. The number of nitrogens with one attached hydrogen (secondary N) is 1. The molecule has 0 spiro atoms. The summed E-state index contributed by atoms with van der Waals surface area (Å²) in [6, 6.07) is 13.4. The average molecular weight is 680 g/mol. The van der Waals surface area contributed by atoms with Crippen LogP contribution in [0.4, 0.5) is 5.82 Å². The van der Waals surface area contributed by atoms with E-state index in [0.29, 0.717) is 54.1 Å². The van der Waals surface area contributed by atoms with E-state index >= 15 is 0 Å². The molecule has 8 heterocycles. The maximum absolute atomic E-state index is 11.2. The van der Waals surface area contributed by atoms with Crippen LogP contribution in [0.15, 0.2) is 55.1 Å². The standard InChI is InChI=1S/C34H38N8O3.2ClH/c1-44-32-5-2-22(13-38-32)18-41-27-8-28(41)20-40(19-27)31-4-3-23(16-37-31)30-9-29(21-42-33(30)26(12-35)17-39-42)45-7-6-34(43)10-24-14-36-15-25(24)11-34;;/h2-5,9,13,16-17,21,24-25,27-28,36,43H,6-8,10-11,14-15,18-20H2,1H3;2*1H. The molecule has 2 N–H and O–H groups in total. The Labute approximate surface area is 286 Å². The maximum atomic E-state index is 11.2. The molecule has 1 aliphatic carbocycles. The lowest BCUT2D eigenvalue weighted by Crippen LogP contribution is -2.68. The van der Waals surface area contributed by atoms with E-state index in [4.69, 9.17) is 14.5 Å². The predicted molar refractivity (Wildman–Crippen MR) is 183 cm³/mol. The van der Waals surface area contributed by atoms with E-state index in [1.165, 1.54) is 12.0 Å². The second-order valence-corrected chi connectivity index (χ2v) is 13.2. The van der Waals surface area contributed by atoms with Gasteiger partial charge >= 0.3 is 0 Å². The van der Waals surface area contributed by atoms with Crippen molar-refractivity contribution >= 4 is 36.1 Å². The molecule has 11 nitrogen and oxygen atoms in total. The fourth-order valence-electron chi connectivity index (χ4n) is 8.07. The van der Waals surface area contributed by atoms with Crippen molar-refractivity contribution in [2.75, 3.05) is 44.8 Å². The van der Waals surface area contributed by atoms with Crippen molar-refractivity contribution in [2.45, 2.75) is 49.9 Å². The van der Waals surface area contributed by atoms with E-state index in [9.17, 15) is 10.4 Å². The normalized spacial score (nSPS) is 26.1. The van der Waals surface area contributed by atoms with Crippen LogP contribution in [0.2, 0.25) is 0 Å². The second kappa shape index (κ2) is 13.5. The molecule has 4 saturated heterocycles. The highest BCUT2D eigenvalue weighted by Gasteiger charge is 2.46. The number of piperazine rings is 1. The number of nitrogens with zero attached hydrogens (tertiary/aromatic N) is 7. The first-order chi connectivity index (χ1) is 22.0. The van der Waals surface area contributed by atoms with Gasteiger partial charge in [0.25, 0.3) is 0 Å². The summed E-state index contributed by atoms with van der Waals surface area (Å²) in [6.07, 6.45) is 10.7. The number of hydrogen-bond donors (Lipinski definition) is 2. The number of hydrogen-bond acceptors (Lipinski definition) is 10. The van der Waals surface area contributed by atoms with Crippen molar-refractivity contribution in [1.29, 1.82) is 5.26 Å². The number of methoxy groups -OCH3 is 1. The summed E-state index contributed by atoms with van der Waals surface area (Å²) in [7, 11) is 1.64. The zero-order valence-electron chi connectivity index (χ0n) is 26.3. The third kappa shape index (κ3) is 6.33. The first-order valence-electron chi connectivity index (χ1n) is 15.9. The topological polar surface area (TPSA) is 124 Å². The summed E-state index contributed by atoms with van der Waals surface area (Å²) < 4.78 is 13.1. The van der Waals surface area contributed by atoms with Gasteiger partial charge in [0.1, 0.15) is 17.6 Å². The largest absolute Gasteiger partial charge is 0.492 e. The first-order valence-corrected chi connectivity index (χ1v) is 15.9. The number of pyridine rings is 3. The predicted octanol–water partition coefficient (Wildman–Crippen LogP) is 4.11. The van der Waals surface area contributed by atoms with Crippen LogP contribution in [0.3, 0.4) is 0 Å². The zero-order chi connectivity index (χ0) is 30.5. The van der Waals surface area contributed by atoms with Crippen LogP contribution in [0.5, 0.6) is 11.6 Å². The SMILES string of the molecule is COc1ccc(CN2C3CC2CN(c2ccc(-c4cc(OCCC5(O)CC6CNCC6C5)cn5ncc(C#N)c45)cn2)C3)cn1.Cl.Cl. The number of ether oxygens (including phenoxy) is 2. The van der Waals surface area contributed by atoms with Crippen molar-refractivity contribution in [1.82, 2.24) is 29.8 Å². The fourth-order valence-corrected chi connectivity index (χ4v) is 8.07. The molecule has 13 heteroatoms. The van der Waals surface area contributed by atoms with E-state index < -0.39 is 5.60 Å². The number of aliphatic hydroxyl groups is 1. The van der Waals surface area contributed by atoms with Crippen LogP contribution in [-0.2, 0) is 6.54 Å². The summed E-state index contributed by atoms with van der Waals surface area (Å²) in [5.74, 6) is 3.38. The molecule has 9 rings (SSSR count). The molecule has 47 heavy (non-hydrogen) atoms. The van der Waals surface area contributed by atoms with Gasteiger partial charge in [-0.2, -0.15) is 10.4 Å². The first kappa shape index (κ1) is 33.2. The quantitative estimate of drug-likeness (QED) is 0.267. The van der Waals surface area contributed by atoms with E-state index in [1.807, 2.05) is 30.7 Å². The van der Waals surface area contributed by atoms with Gasteiger partial charge in [-0.25, -0.2) is 14.5 Å². The number of halogens is 2. The highest BCUT2D eigenvalue weighted by molar-refractivity contribution is 5.86. The molecule has 4 aromatic heterocycles. The van der Waals surface area contributed by atoms with Crippen molar-refractivity contribution in [3.63, 3.8) is 0 Å². The van der Waals surface area contributed by atoms with Gasteiger partial charge in [-0.3, -0.25) is 4.90 Å². The molecule has 4 atom stereocenters. The molecule has 4 aliphatic heterocycles. The Kier molecular flexibility index (Phi) is 9.52. The second-order valence-electron chi connectivity index (χ2n) is 13.2. The minimum atomic E-state index is -0.664. The van der Waals surface area contributed by atoms with Crippen LogP contribution >= 0.6 is 24.8 Å². The van der Waals surface area contributed by atoms with E-state index in [-0.39, 0.29) is 24.8 Å². The smallest absolute Gasteiger partial charge is 0.212 e. The highest BCUT2D eigenvalue weighted by atomic mass is 35.5. The van der Waals surface area contributed by atoms with E-state index in [2.05, 4.69) is 49.5 Å². The van der Waals surface area contributed by atoms with E-state index in [0.717, 1.165) is 68.0 Å². The Balaban J connectivity index is 0.00000193. The van der Waals surface area contributed by atoms with Crippen LogP contribution in [0.1, 0.15) is 36.8 Å². The number of aromatic nitrogens is 4. The molecular weight excluding hydrogens is 639 g/mol. The number of anilines is 1. The number of rotatable bonds is 9. The molecule has 0 radical (unpaired) electrons. The van der Waals surface area contributed by atoms with Gasteiger partial charge in [0.15, 0.2) is 0 Å². The Hall–Kier alpha value is -3.66. The van der Waals surface area contributed by atoms with E-state index in [1.54, 1.807) is 17.8 Å².